The first kappa shape index (κ1) is 21.9. The van der Waals surface area contributed by atoms with Crippen molar-refractivity contribution in [3.8, 4) is 11.5 Å². The summed E-state index contributed by atoms with van der Waals surface area (Å²) >= 11 is 0. The maximum absolute atomic E-state index is 12.4. The summed E-state index contributed by atoms with van der Waals surface area (Å²) in [5.74, 6) is 0.453. The van der Waals surface area contributed by atoms with Crippen LogP contribution in [0.1, 0.15) is 46.9 Å². The summed E-state index contributed by atoms with van der Waals surface area (Å²) in [4.78, 5) is 26.5. The number of H-pyrrole nitrogens is 1. The van der Waals surface area contributed by atoms with Gasteiger partial charge in [0, 0.05) is 41.7 Å². The zero-order valence-electron chi connectivity index (χ0n) is 17.9. The Bertz CT molecular complexity index is 1190. The van der Waals surface area contributed by atoms with E-state index in [1.807, 2.05) is 6.07 Å². The molecule has 3 aromatic rings. The van der Waals surface area contributed by atoms with Gasteiger partial charge in [-0.3, -0.25) is 9.59 Å². The number of nitrogens with one attached hydrogen (secondary N) is 3. The highest BCUT2D eigenvalue weighted by molar-refractivity contribution is 5.95. The molecule has 0 radical (unpaired) electrons. The van der Waals surface area contributed by atoms with Crippen molar-refractivity contribution in [1.82, 2.24) is 15.6 Å². The Labute approximate surface area is 185 Å². The second-order valence-corrected chi connectivity index (χ2v) is 8.06. The first-order valence-electron chi connectivity index (χ1n) is 10.7. The predicted molar refractivity (Wildman–Crippen MR) is 121 cm³/mol. The van der Waals surface area contributed by atoms with Gasteiger partial charge in [-0.05, 0) is 49.1 Å². The minimum Gasteiger partial charge on any atom is -0.506 e. The molecule has 1 aliphatic carbocycles. The molecule has 8 heteroatoms. The minimum absolute atomic E-state index is 0.0484. The number of aromatic amines is 1. The lowest BCUT2D eigenvalue weighted by atomic mass is 9.93. The molecule has 5 N–H and O–H groups in total. The van der Waals surface area contributed by atoms with Crippen molar-refractivity contribution in [2.45, 2.75) is 38.0 Å². The van der Waals surface area contributed by atoms with Crippen LogP contribution in [0.5, 0.6) is 11.5 Å². The molecule has 1 amide bonds. The lowest BCUT2D eigenvalue weighted by Gasteiger charge is -2.26. The molecule has 1 saturated carbocycles. The smallest absolute Gasteiger partial charge is 0.251 e. The number of benzene rings is 2. The van der Waals surface area contributed by atoms with Crippen LogP contribution < -0.4 is 20.9 Å². The zero-order valence-corrected chi connectivity index (χ0v) is 17.9. The van der Waals surface area contributed by atoms with E-state index < -0.39 is 6.10 Å². The Balaban J connectivity index is 1.42. The van der Waals surface area contributed by atoms with Crippen LogP contribution in [-0.2, 0) is 6.54 Å². The number of aromatic hydroxyl groups is 1. The topological polar surface area (TPSA) is 124 Å². The molecule has 32 heavy (non-hydrogen) atoms. The van der Waals surface area contributed by atoms with Crippen LogP contribution in [0.2, 0.25) is 0 Å². The van der Waals surface area contributed by atoms with Crippen LogP contribution in [0.25, 0.3) is 10.9 Å². The number of amides is 1. The monoisotopic (exact) mass is 437 g/mol. The van der Waals surface area contributed by atoms with E-state index >= 15 is 0 Å². The third kappa shape index (κ3) is 4.61. The number of carbonyl (C=O) groups excluding carboxylic acids is 1. The lowest BCUT2D eigenvalue weighted by molar-refractivity contribution is 0.0916. The van der Waals surface area contributed by atoms with E-state index in [0.29, 0.717) is 34.3 Å². The number of phenols is 1. The number of aliphatic hydroxyl groups is 1. The van der Waals surface area contributed by atoms with Crippen molar-refractivity contribution in [1.29, 1.82) is 0 Å². The summed E-state index contributed by atoms with van der Waals surface area (Å²) in [6.45, 7) is 0.670. The molecule has 1 atom stereocenters. The fourth-order valence-electron chi connectivity index (χ4n) is 3.86. The SMILES string of the molecule is COc1cc(C(=O)NC2CCC2)ccc1CNC[C@H](O)c1ccc(O)c2[nH]c(=O)ccc12. The Morgan fingerprint density at radius 2 is 2.03 bits per heavy atom. The van der Waals surface area contributed by atoms with Gasteiger partial charge in [0.1, 0.15) is 11.5 Å². The number of phenolic OH excluding ortho intramolecular Hbond substituents is 1. The predicted octanol–water partition coefficient (Wildman–Crippen LogP) is 2.35. The van der Waals surface area contributed by atoms with Gasteiger partial charge in [-0.25, -0.2) is 0 Å². The van der Waals surface area contributed by atoms with Gasteiger partial charge < -0.3 is 30.6 Å². The summed E-state index contributed by atoms with van der Waals surface area (Å²) < 4.78 is 5.46. The number of hydrogen-bond donors (Lipinski definition) is 5. The number of pyridine rings is 1. The van der Waals surface area contributed by atoms with Crippen molar-refractivity contribution in [3.05, 3.63) is 69.5 Å². The van der Waals surface area contributed by atoms with Gasteiger partial charge in [0.2, 0.25) is 5.56 Å². The van der Waals surface area contributed by atoms with Crippen molar-refractivity contribution >= 4 is 16.8 Å². The number of ether oxygens (including phenoxy) is 1. The minimum atomic E-state index is -0.859. The molecule has 4 rings (SSSR count). The first-order chi connectivity index (χ1) is 15.5. The Morgan fingerprint density at radius 1 is 1.22 bits per heavy atom. The molecule has 1 fully saturated rings. The summed E-state index contributed by atoms with van der Waals surface area (Å²) in [5, 5.41) is 27.5. The lowest BCUT2D eigenvalue weighted by Crippen LogP contribution is -2.39. The van der Waals surface area contributed by atoms with Gasteiger partial charge in [-0.1, -0.05) is 12.1 Å². The molecular weight excluding hydrogens is 410 g/mol. The number of methoxy groups -OCH3 is 1. The summed E-state index contributed by atoms with van der Waals surface area (Å²) in [5.41, 5.74) is 1.99. The van der Waals surface area contributed by atoms with Gasteiger partial charge in [-0.2, -0.15) is 0 Å². The Hall–Kier alpha value is -3.36. The van der Waals surface area contributed by atoms with Gasteiger partial charge in [0.15, 0.2) is 0 Å². The van der Waals surface area contributed by atoms with Crippen molar-refractivity contribution in [3.63, 3.8) is 0 Å². The average molecular weight is 437 g/mol. The third-order valence-corrected chi connectivity index (χ3v) is 5.91. The van der Waals surface area contributed by atoms with Crippen LogP contribution >= 0.6 is 0 Å². The second kappa shape index (κ2) is 9.42. The fraction of sp³-hybridized carbons (Fsp3) is 0.333. The van der Waals surface area contributed by atoms with E-state index in [4.69, 9.17) is 4.74 Å². The van der Waals surface area contributed by atoms with Gasteiger partial charge >= 0.3 is 0 Å². The molecule has 0 spiro atoms. The highest BCUT2D eigenvalue weighted by atomic mass is 16.5. The molecule has 0 unspecified atom stereocenters. The molecule has 0 saturated heterocycles. The zero-order chi connectivity index (χ0) is 22.7. The Morgan fingerprint density at radius 3 is 2.75 bits per heavy atom. The normalized spacial score (nSPS) is 14.7. The first-order valence-corrected chi connectivity index (χ1v) is 10.7. The number of aromatic nitrogens is 1. The third-order valence-electron chi connectivity index (χ3n) is 5.91. The van der Waals surface area contributed by atoms with Gasteiger partial charge in [0.25, 0.3) is 5.91 Å². The molecule has 1 aromatic heterocycles. The number of aliphatic hydroxyl groups excluding tert-OH is 1. The fourth-order valence-corrected chi connectivity index (χ4v) is 3.86. The summed E-state index contributed by atoms with van der Waals surface area (Å²) in [7, 11) is 1.56. The van der Waals surface area contributed by atoms with Crippen LogP contribution in [0, 0.1) is 0 Å². The number of hydrogen-bond acceptors (Lipinski definition) is 6. The quantitative estimate of drug-likeness (QED) is 0.369. The summed E-state index contributed by atoms with van der Waals surface area (Å²) in [6, 6.07) is 11.6. The van der Waals surface area contributed by atoms with E-state index in [-0.39, 0.29) is 29.8 Å². The second-order valence-electron chi connectivity index (χ2n) is 8.06. The van der Waals surface area contributed by atoms with Crippen LogP contribution in [0.3, 0.4) is 0 Å². The van der Waals surface area contributed by atoms with E-state index in [0.717, 1.165) is 24.8 Å². The molecule has 0 bridgehead atoms. The summed E-state index contributed by atoms with van der Waals surface area (Å²) in [6.07, 6.45) is 2.35. The van der Waals surface area contributed by atoms with Crippen molar-refractivity contribution < 1.29 is 19.7 Å². The highest BCUT2D eigenvalue weighted by Crippen LogP contribution is 2.29. The van der Waals surface area contributed by atoms with Crippen LogP contribution in [-0.4, -0.2) is 40.8 Å². The van der Waals surface area contributed by atoms with E-state index in [2.05, 4.69) is 15.6 Å². The van der Waals surface area contributed by atoms with E-state index in [1.165, 1.54) is 12.1 Å². The highest BCUT2D eigenvalue weighted by Gasteiger charge is 2.21. The maximum Gasteiger partial charge on any atom is 0.251 e. The molecule has 2 aromatic carbocycles. The molecule has 168 valence electrons. The average Bonchev–Trinajstić information content (AvgIpc) is 2.76. The number of rotatable bonds is 8. The van der Waals surface area contributed by atoms with Crippen LogP contribution in [0.4, 0.5) is 0 Å². The largest absolute Gasteiger partial charge is 0.506 e. The number of carbonyl (C=O) groups is 1. The number of fused-ring (bicyclic) bond motifs is 1. The van der Waals surface area contributed by atoms with Crippen LogP contribution in [0.15, 0.2) is 47.3 Å². The molecular formula is C24H27N3O5. The van der Waals surface area contributed by atoms with E-state index in [1.54, 1.807) is 31.4 Å². The van der Waals surface area contributed by atoms with Crippen molar-refractivity contribution in [2.75, 3.05) is 13.7 Å². The van der Waals surface area contributed by atoms with E-state index in [9.17, 15) is 19.8 Å². The Kier molecular flexibility index (Phi) is 6.43. The van der Waals surface area contributed by atoms with Gasteiger partial charge in [0.05, 0.1) is 18.7 Å². The molecule has 8 nitrogen and oxygen atoms in total. The molecule has 1 aliphatic rings. The maximum atomic E-state index is 12.4. The molecule has 1 heterocycles. The molecule has 0 aliphatic heterocycles. The van der Waals surface area contributed by atoms with Gasteiger partial charge in [-0.15, -0.1) is 0 Å². The van der Waals surface area contributed by atoms with Crippen molar-refractivity contribution in [2.24, 2.45) is 0 Å². The standard InChI is InChI=1S/C24H27N3O5/c1-32-21-11-14(24(31)26-16-3-2-4-16)5-6-15(21)12-25-13-20(29)17-7-9-19(28)23-18(17)8-10-22(30)27-23/h5-11,16,20,25,28-29H,2-4,12-13H2,1H3,(H,26,31)(H,27,30)/t20-/m0/s1.